The lowest BCUT2D eigenvalue weighted by Gasteiger charge is -2.19. The standard InChI is InChI=1S/C12H15BrF3N3O/c1-4-20-8(3)19-10-6-17-11(13)5-9(10)18-7(2)12(14,15)16/h5-7H,4H2,1-3H3,(H,17,18)/b19-8+. The highest BCUT2D eigenvalue weighted by molar-refractivity contribution is 9.10. The molecule has 0 amide bonds. The summed E-state index contributed by atoms with van der Waals surface area (Å²) in [5.41, 5.74) is 0.519. The predicted molar refractivity (Wildman–Crippen MR) is 75.5 cm³/mol. The Morgan fingerprint density at radius 2 is 2.20 bits per heavy atom. The van der Waals surface area contributed by atoms with E-state index in [1.165, 1.54) is 12.3 Å². The topological polar surface area (TPSA) is 46.5 Å². The monoisotopic (exact) mass is 353 g/mol. The molecule has 1 aromatic heterocycles. The second-order valence-corrected chi connectivity index (χ2v) is 4.81. The number of hydrogen-bond donors (Lipinski definition) is 1. The second-order valence-electron chi connectivity index (χ2n) is 4.00. The number of alkyl halides is 3. The van der Waals surface area contributed by atoms with Crippen molar-refractivity contribution in [1.29, 1.82) is 0 Å². The largest absolute Gasteiger partial charge is 0.481 e. The molecule has 4 nitrogen and oxygen atoms in total. The number of halogens is 4. The third kappa shape index (κ3) is 4.99. The van der Waals surface area contributed by atoms with Crippen LogP contribution in [0.2, 0.25) is 0 Å². The van der Waals surface area contributed by atoms with E-state index >= 15 is 0 Å². The molecule has 8 heteroatoms. The number of hydrogen-bond acceptors (Lipinski definition) is 4. The molecule has 1 unspecified atom stereocenters. The van der Waals surface area contributed by atoms with Gasteiger partial charge in [-0.3, -0.25) is 0 Å². The third-order valence-electron chi connectivity index (χ3n) is 2.34. The van der Waals surface area contributed by atoms with Crippen LogP contribution in [0.4, 0.5) is 24.5 Å². The van der Waals surface area contributed by atoms with Gasteiger partial charge in [0, 0.05) is 6.92 Å². The summed E-state index contributed by atoms with van der Waals surface area (Å²) in [5, 5.41) is 2.38. The van der Waals surface area contributed by atoms with Gasteiger partial charge in [0.2, 0.25) is 0 Å². The Bertz CT molecular complexity index is 491. The van der Waals surface area contributed by atoms with E-state index in [1.807, 2.05) is 0 Å². The van der Waals surface area contributed by atoms with Crippen LogP contribution in [0.1, 0.15) is 20.8 Å². The molecule has 0 spiro atoms. The zero-order chi connectivity index (χ0) is 15.3. The molecular weight excluding hydrogens is 339 g/mol. The highest BCUT2D eigenvalue weighted by Gasteiger charge is 2.36. The van der Waals surface area contributed by atoms with Crippen LogP contribution in [0.15, 0.2) is 21.9 Å². The van der Waals surface area contributed by atoms with Crippen LogP contribution in [0.5, 0.6) is 0 Å². The molecular formula is C12H15BrF3N3O. The molecule has 0 saturated heterocycles. The van der Waals surface area contributed by atoms with E-state index in [1.54, 1.807) is 13.8 Å². The number of nitrogens with zero attached hydrogens (tertiary/aromatic N) is 2. The lowest BCUT2D eigenvalue weighted by Crippen LogP contribution is -2.33. The Morgan fingerprint density at radius 1 is 1.55 bits per heavy atom. The first-order chi connectivity index (χ1) is 9.24. The van der Waals surface area contributed by atoms with Gasteiger partial charge in [0.25, 0.3) is 0 Å². The molecule has 0 saturated carbocycles. The average molecular weight is 354 g/mol. The van der Waals surface area contributed by atoms with Crippen LogP contribution in [-0.4, -0.2) is 29.7 Å². The Balaban J connectivity index is 3.05. The number of ether oxygens (including phenoxy) is 1. The summed E-state index contributed by atoms with van der Waals surface area (Å²) in [4.78, 5) is 8.06. The number of pyridine rings is 1. The molecule has 0 aliphatic carbocycles. The Hall–Kier alpha value is -1.31. The number of aliphatic imine (C=N–C) groups is 1. The molecule has 1 rings (SSSR count). The zero-order valence-electron chi connectivity index (χ0n) is 11.3. The molecule has 0 aromatic carbocycles. The minimum Gasteiger partial charge on any atom is -0.481 e. The minimum absolute atomic E-state index is 0.232. The van der Waals surface area contributed by atoms with E-state index in [9.17, 15) is 13.2 Å². The van der Waals surface area contributed by atoms with Crippen LogP contribution >= 0.6 is 15.9 Å². The van der Waals surface area contributed by atoms with Crippen LogP contribution in [-0.2, 0) is 4.74 Å². The van der Waals surface area contributed by atoms with E-state index in [-0.39, 0.29) is 11.4 Å². The first-order valence-electron chi connectivity index (χ1n) is 5.91. The molecule has 1 atom stereocenters. The number of nitrogens with one attached hydrogen (secondary N) is 1. The summed E-state index contributed by atoms with van der Waals surface area (Å²) >= 11 is 3.12. The molecule has 112 valence electrons. The summed E-state index contributed by atoms with van der Waals surface area (Å²) in [5.74, 6) is 0.360. The van der Waals surface area contributed by atoms with E-state index in [0.29, 0.717) is 17.1 Å². The highest BCUT2D eigenvalue weighted by Crippen LogP contribution is 2.30. The van der Waals surface area contributed by atoms with Crippen LogP contribution < -0.4 is 5.32 Å². The van der Waals surface area contributed by atoms with Crippen molar-refractivity contribution in [3.8, 4) is 0 Å². The van der Waals surface area contributed by atoms with Gasteiger partial charge in [0.1, 0.15) is 16.3 Å². The van der Waals surface area contributed by atoms with Crippen LogP contribution in [0.25, 0.3) is 0 Å². The molecule has 1 N–H and O–H groups in total. The Morgan fingerprint density at radius 3 is 2.75 bits per heavy atom. The second kappa shape index (κ2) is 6.92. The smallest absolute Gasteiger partial charge is 0.408 e. The van der Waals surface area contributed by atoms with Crippen molar-refractivity contribution >= 4 is 33.2 Å². The Kier molecular flexibility index (Phi) is 5.79. The maximum atomic E-state index is 12.6. The third-order valence-corrected chi connectivity index (χ3v) is 2.78. The van der Waals surface area contributed by atoms with Crippen molar-refractivity contribution < 1.29 is 17.9 Å². The summed E-state index contributed by atoms with van der Waals surface area (Å²) in [6.07, 6.45) is -2.97. The number of rotatable bonds is 4. The lowest BCUT2D eigenvalue weighted by atomic mass is 10.2. The van der Waals surface area contributed by atoms with Crippen LogP contribution in [0.3, 0.4) is 0 Å². The summed E-state index contributed by atoms with van der Waals surface area (Å²) < 4.78 is 43.4. The maximum absolute atomic E-state index is 12.6. The van der Waals surface area contributed by atoms with Gasteiger partial charge < -0.3 is 10.1 Å². The molecule has 0 aliphatic rings. The zero-order valence-corrected chi connectivity index (χ0v) is 12.8. The fourth-order valence-corrected chi connectivity index (χ4v) is 1.68. The number of aromatic nitrogens is 1. The van der Waals surface area contributed by atoms with Gasteiger partial charge in [-0.1, -0.05) is 0 Å². The van der Waals surface area contributed by atoms with Gasteiger partial charge in [0.15, 0.2) is 5.90 Å². The van der Waals surface area contributed by atoms with Gasteiger partial charge in [-0.05, 0) is 35.8 Å². The van der Waals surface area contributed by atoms with Crippen molar-refractivity contribution in [3.63, 3.8) is 0 Å². The first kappa shape index (κ1) is 16.7. The number of anilines is 1. The SMILES string of the molecule is CCO/C(C)=N/c1cnc(Br)cc1NC(C)C(F)(F)F. The van der Waals surface area contributed by atoms with Gasteiger partial charge in [-0.25, -0.2) is 9.98 Å². The molecule has 20 heavy (non-hydrogen) atoms. The maximum Gasteiger partial charge on any atom is 0.408 e. The summed E-state index contributed by atoms with van der Waals surface area (Å²) in [6.45, 7) is 4.89. The molecule has 0 radical (unpaired) electrons. The van der Waals surface area contributed by atoms with E-state index < -0.39 is 12.2 Å². The van der Waals surface area contributed by atoms with Gasteiger partial charge >= 0.3 is 6.18 Å². The van der Waals surface area contributed by atoms with E-state index in [0.717, 1.165) is 6.92 Å². The van der Waals surface area contributed by atoms with Gasteiger partial charge in [0.05, 0.1) is 18.5 Å². The average Bonchev–Trinajstić information content (AvgIpc) is 2.31. The highest BCUT2D eigenvalue weighted by atomic mass is 79.9. The van der Waals surface area contributed by atoms with Gasteiger partial charge in [-0.15, -0.1) is 0 Å². The van der Waals surface area contributed by atoms with Gasteiger partial charge in [-0.2, -0.15) is 13.2 Å². The molecule has 1 heterocycles. The summed E-state index contributed by atoms with van der Waals surface area (Å²) in [6, 6.07) is -0.251. The molecule has 1 aromatic rings. The van der Waals surface area contributed by atoms with Crippen molar-refractivity contribution in [2.45, 2.75) is 33.0 Å². The molecule has 0 bridgehead atoms. The molecule has 0 fully saturated rings. The lowest BCUT2D eigenvalue weighted by molar-refractivity contribution is -0.138. The molecule has 0 aliphatic heterocycles. The normalized spacial score (nSPS) is 14.1. The van der Waals surface area contributed by atoms with Crippen molar-refractivity contribution in [2.24, 2.45) is 4.99 Å². The first-order valence-corrected chi connectivity index (χ1v) is 6.70. The van der Waals surface area contributed by atoms with E-state index in [4.69, 9.17) is 4.74 Å². The van der Waals surface area contributed by atoms with Crippen LogP contribution in [0, 0.1) is 0 Å². The summed E-state index contributed by atoms with van der Waals surface area (Å²) in [7, 11) is 0. The fraction of sp³-hybridized carbons (Fsp3) is 0.500. The predicted octanol–water partition coefficient (Wildman–Crippen LogP) is 4.29. The van der Waals surface area contributed by atoms with Crippen molar-refractivity contribution in [3.05, 3.63) is 16.9 Å². The van der Waals surface area contributed by atoms with E-state index in [2.05, 4.69) is 31.2 Å². The fourth-order valence-electron chi connectivity index (χ4n) is 1.35. The minimum atomic E-state index is -4.34. The van der Waals surface area contributed by atoms with Crippen molar-refractivity contribution in [1.82, 2.24) is 4.98 Å². The van der Waals surface area contributed by atoms with Crippen molar-refractivity contribution in [2.75, 3.05) is 11.9 Å². The Labute approximate surface area is 123 Å². The quantitative estimate of drug-likeness (QED) is 0.498.